The van der Waals surface area contributed by atoms with Crippen molar-refractivity contribution >= 4 is 5.69 Å². The summed E-state index contributed by atoms with van der Waals surface area (Å²) in [5, 5.41) is 21.3. The molecule has 0 aliphatic heterocycles. The number of nitrogens with one attached hydrogen (secondary N) is 1. The Kier molecular flexibility index (Phi) is 4.89. The largest absolute Gasteiger partial charge is 0.504 e. The summed E-state index contributed by atoms with van der Waals surface area (Å²) >= 11 is 0. The van der Waals surface area contributed by atoms with Gasteiger partial charge in [-0.1, -0.05) is 12.1 Å². The fourth-order valence-electron chi connectivity index (χ4n) is 1.82. The smallest absolute Gasteiger partial charge is 0.174 e. The molecule has 0 atom stereocenters. The van der Waals surface area contributed by atoms with Crippen LogP contribution in [0.4, 0.5) is 5.69 Å². The van der Waals surface area contributed by atoms with Gasteiger partial charge in [0.25, 0.3) is 0 Å². The lowest BCUT2D eigenvalue weighted by molar-refractivity contribution is 0.368. The van der Waals surface area contributed by atoms with Crippen molar-refractivity contribution in [3.05, 3.63) is 48.0 Å². The van der Waals surface area contributed by atoms with E-state index in [1.807, 2.05) is 36.4 Å². The maximum Gasteiger partial charge on any atom is 0.174 e. The second kappa shape index (κ2) is 7.06. The van der Waals surface area contributed by atoms with E-state index in [9.17, 15) is 5.11 Å². The van der Waals surface area contributed by atoms with Crippen molar-refractivity contribution in [3.63, 3.8) is 0 Å². The van der Waals surface area contributed by atoms with Gasteiger partial charge in [-0.15, -0.1) is 0 Å². The highest BCUT2D eigenvalue weighted by Gasteiger charge is 2.02. The van der Waals surface area contributed by atoms with Crippen molar-refractivity contribution in [1.29, 1.82) is 5.26 Å². The van der Waals surface area contributed by atoms with Gasteiger partial charge in [0.15, 0.2) is 18.1 Å². The van der Waals surface area contributed by atoms with Crippen LogP contribution in [0, 0.1) is 11.3 Å². The predicted octanol–water partition coefficient (Wildman–Crippen LogP) is 2.92. The van der Waals surface area contributed by atoms with E-state index in [0.717, 1.165) is 11.3 Å². The second-order valence-electron chi connectivity index (χ2n) is 4.33. The maximum absolute atomic E-state index is 9.70. The molecule has 0 bridgehead atoms. The lowest BCUT2D eigenvalue weighted by atomic mass is 10.2. The summed E-state index contributed by atoms with van der Waals surface area (Å²) in [4.78, 5) is 0. The molecule has 0 fully saturated rings. The molecule has 21 heavy (non-hydrogen) atoms. The number of phenols is 1. The zero-order valence-electron chi connectivity index (χ0n) is 11.7. The number of phenolic OH excluding ortho intramolecular Hbond substituents is 1. The molecule has 5 heteroatoms. The number of nitriles is 1. The van der Waals surface area contributed by atoms with E-state index in [-0.39, 0.29) is 12.4 Å². The van der Waals surface area contributed by atoms with Crippen LogP contribution in [0.15, 0.2) is 42.5 Å². The van der Waals surface area contributed by atoms with Crippen molar-refractivity contribution in [3.8, 4) is 23.3 Å². The van der Waals surface area contributed by atoms with E-state index < -0.39 is 0 Å². The molecule has 2 aromatic rings. The predicted molar refractivity (Wildman–Crippen MR) is 79.5 cm³/mol. The van der Waals surface area contributed by atoms with Gasteiger partial charge in [0, 0.05) is 18.3 Å². The quantitative estimate of drug-likeness (QED) is 0.853. The number of rotatable bonds is 6. The van der Waals surface area contributed by atoms with Crippen molar-refractivity contribution in [1.82, 2.24) is 0 Å². The average Bonchev–Trinajstić information content (AvgIpc) is 2.52. The number of hydrogen-bond acceptors (Lipinski definition) is 5. The summed E-state index contributed by atoms with van der Waals surface area (Å²) in [6, 6.07) is 14.6. The van der Waals surface area contributed by atoms with E-state index in [1.165, 1.54) is 7.11 Å². The van der Waals surface area contributed by atoms with Crippen molar-refractivity contribution < 1.29 is 14.6 Å². The topological polar surface area (TPSA) is 74.5 Å². The summed E-state index contributed by atoms with van der Waals surface area (Å²) in [6.45, 7) is 0.660. The van der Waals surface area contributed by atoms with Crippen molar-refractivity contribution in [2.24, 2.45) is 0 Å². The summed E-state index contributed by atoms with van der Waals surface area (Å²) in [5.41, 5.74) is 1.87. The fraction of sp³-hybridized carbons (Fsp3) is 0.188. The minimum Gasteiger partial charge on any atom is -0.504 e. The fourth-order valence-corrected chi connectivity index (χ4v) is 1.82. The van der Waals surface area contributed by atoms with E-state index in [2.05, 4.69) is 5.32 Å². The normalized spacial score (nSPS) is 9.71. The standard InChI is InChI=1S/C16H16N2O3/c1-20-16-7-4-13(10-15(16)19)18-11-12-2-5-14(6-3-12)21-9-8-17/h2-7,10,18-19H,9,11H2,1H3. The van der Waals surface area contributed by atoms with E-state index >= 15 is 0 Å². The molecular formula is C16H16N2O3. The number of ether oxygens (including phenoxy) is 2. The molecular weight excluding hydrogens is 268 g/mol. The van der Waals surface area contributed by atoms with Crippen LogP contribution in [0.5, 0.6) is 17.2 Å². The Labute approximate surface area is 123 Å². The number of anilines is 1. The molecule has 0 amide bonds. The highest BCUT2D eigenvalue weighted by Crippen LogP contribution is 2.28. The van der Waals surface area contributed by atoms with Crippen LogP contribution in [0.25, 0.3) is 0 Å². The monoisotopic (exact) mass is 284 g/mol. The van der Waals surface area contributed by atoms with Crippen LogP contribution in [0.1, 0.15) is 5.56 Å². The van der Waals surface area contributed by atoms with Gasteiger partial charge in [-0.25, -0.2) is 0 Å². The van der Waals surface area contributed by atoms with Crippen molar-refractivity contribution in [2.45, 2.75) is 6.54 Å². The molecule has 0 aliphatic carbocycles. The van der Waals surface area contributed by atoms with Gasteiger partial charge in [-0.05, 0) is 29.8 Å². The summed E-state index contributed by atoms with van der Waals surface area (Å²) in [5.74, 6) is 1.21. The van der Waals surface area contributed by atoms with Gasteiger partial charge >= 0.3 is 0 Å². The average molecular weight is 284 g/mol. The minimum absolute atomic E-state index is 0.0444. The third-order valence-electron chi connectivity index (χ3n) is 2.90. The first-order chi connectivity index (χ1) is 10.2. The van der Waals surface area contributed by atoms with Crippen LogP contribution in [-0.2, 0) is 6.54 Å². The molecule has 2 aromatic carbocycles. The molecule has 0 radical (unpaired) electrons. The van der Waals surface area contributed by atoms with Crippen LogP contribution >= 0.6 is 0 Å². The first kappa shape index (κ1) is 14.5. The second-order valence-corrected chi connectivity index (χ2v) is 4.33. The van der Waals surface area contributed by atoms with Gasteiger partial charge in [-0.3, -0.25) is 0 Å². The molecule has 2 rings (SSSR count). The Hall–Kier alpha value is -2.87. The lowest BCUT2D eigenvalue weighted by Crippen LogP contribution is -2.00. The molecule has 0 aliphatic rings. The lowest BCUT2D eigenvalue weighted by Gasteiger charge is -2.09. The zero-order valence-corrected chi connectivity index (χ0v) is 11.7. The first-order valence-corrected chi connectivity index (χ1v) is 6.42. The number of hydrogen-bond donors (Lipinski definition) is 2. The molecule has 2 N–H and O–H groups in total. The number of aromatic hydroxyl groups is 1. The minimum atomic E-state index is 0.0444. The summed E-state index contributed by atoms with van der Waals surface area (Å²) < 4.78 is 10.2. The van der Waals surface area contributed by atoms with Gasteiger partial charge in [0.2, 0.25) is 0 Å². The number of methoxy groups -OCH3 is 1. The molecule has 108 valence electrons. The van der Waals surface area contributed by atoms with Crippen LogP contribution in [-0.4, -0.2) is 18.8 Å². The maximum atomic E-state index is 9.70. The first-order valence-electron chi connectivity index (χ1n) is 6.42. The van der Waals surface area contributed by atoms with Gasteiger partial charge in [-0.2, -0.15) is 5.26 Å². The molecule has 0 saturated heterocycles. The van der Waals surface area contributed by atoms with E-state index in [0.29, 0.717) is 18.0 Å². The molecule has 0 aromatic heterocycles. The molecule has 0 spiro atoms. The highest BCUT2D eigenvalue weighted by molar-refractivity contribution is 5.54. The van der Waals surface area contributed by atoms with Crippen LogP contribution in [0.3, 0.4) is 0 Å². The Morgan fingerprint density at radius 2 is 1.95 bits per heavy atom. The Morgan fingerprint density at radius 3 is 2.57 bits per heavy atom. The molecule has 0 unspecified atom stereocenters. The van der Waals surface area contributed by atoms with E-state index in [1.54, 1.807) is 12.1 Å². The molecule has 5 nitrogen and oxygen atoms in total. The number of nitrogens with zero attached hydrogens (tertiary/aromatic N) is 1. The SMILES string of the molecule is COc1ccc(NCc2ccc(OCC#N)cc2)cc1O. The van der Waals surface area contributed by atoms with Gasteiger partial charge in [0.05, 0.1) is 7.11 Å². The Balaban J connectivity index is 1.93. The van der Waals surface area contributed by atoms with Crippen molar-refractivity contribution in [2.75, 3.05) is 19.0 Å². The molecule has 0 heterocycles. The van der Waals surface area contributed by atoms with Crippen LogP contribution < -0.4 is 14.8 Å². The summed E-state index contributed by atoms with van der Waals surface area (Å²) in [6.07, 6.45) is 0. The van der Waals surface area contributed by atoms with Gasteiger partial charge in [0.1, 0.15) is 11.8 Å². The third kappa shape index (κ3) is 4.05. The Bertz CT molecular complexity index is 633. The third-order valence-corrected chi connectivity index (χ3v) is 2.90. The molecule has 0 saturated carbocycles. The van der Waals surface area contributed by atoms with Gasteiger partial charge < -0.3 is 19.9 Å². The van der Waals surface area contributed by atoms with Crippen LogP contribution in [0.2, 0.25) is 0 Å². The highest BCUT2D eigenvalue weighted by atomic mass is 16.5. The Morgan fingerprint density at radius 1 is 1.19 bits per heavy atom. The number of benzene rings is 2. The summed E-state index contributed by atoms with van der Waals surface area (Å²) in [7, 11) is 1.51. The zero-order chi connectivity index (χ0) is 15.1. The van der Waals surface area contributed by atoms with E-state index in [4.69, 9.17) is 14.7 Å².